The molecule has 1 rings (SSSR count). The molecule has 0 heterocycles. The molecule has 0 spiro atoms. The maximum atomic E-state index is 12.1. The quantitative estimate of drug-likeness (QED) is 0.772. The van der Waals surface area contributed by atoms with Crippen molar-refractivity contribution in [2.45, 2.75) is 32.7 Å². The smallest absolute Gasteiger partial charge is 0.176 e. The van der Waals surface area contributed by atoms with Gasteiger partial charge in [0.15, 0.2) is 5.78 Å². The van der Waals surface area contributed by atoms with Crippen LogP contribution in [-0.4, -0.2) is 29.8 Å². The number of halogens is 1. The number of Topliss-reactive ketones (excluding diaryl/α,β-unsaturated/α-hetero) is 1. The van der Waals surface area contributed by atoms with Crippen LogP contribution in [0, 0.1) is 0 Å². The van der Waals surface area contributed by atoms with Gasteiger partial charge < -0.3 is 0 Å². The van der Waals surface area contributed by atoms with Crippen LogP contribution in [0.25, 0.3) is 0 Å². The predicted octanol–water partition coefficient (Wildman–Crippen LogP) is 3.75. The van der Waals surface area contributed by atoms with Crippen molar-refractivity contribution in [3.8, 4) is 0 Å². The van der Waals surface area contributed by atoms with Crippen LogP contribution in [0.5, 0.6) is 0 Å². The molecular weight excluding hydrogens is 278 g/mol. The number of hydrogen-bond donors (Lipinski definition) is 0. The average molecular weight is 298 g/mol. The summed E-state index contributed by atoms with van der Waals surface area (Å²) in [5.41, 5.74) is 0.819. The SMILES string of the molecule is CCC(C)(C)N(C)CC(=O)c1cccc(Br)c1. The van der Waals surface area contributed by atoms with E-state index in [2.05, 4.69) is 41.6 Å². The highest BCUT2D eigenvalue weighted by molar-refractivity contribution is 9.10. The average Bonchev–Trinajstić information content (AvgIpc) is 2.28. The van der Waals surface area contributed by atoms with Gasteiger partial charge in [-0.2, -0.15) is 0 Å². The van der Waals surface area contributed by atoms with Crippen molar-refractivity contribution in [3.05, 3.63) is 34.3 Å². The largest absolute Gasteiger partial charge is 0.294 e. The van der Waals surface area contributed by atoms with E-state index in [9.17, 15) is 4.79 Å². The number of carbonyl (C=O) groups excluding carboxylic acids is 1. The Bertz CT molecular complexity index is 401. The Morgan fingerprint density at radius 3 is 2.59 bits per heavy atom. The van der Waals surface area contributed by atoms with Crippen LogP contribution >= 0.6 is 15.9 Å². The number of ketones is 1. The lowest BCUT2D eigenvalue weighted by Gasteiger charge is -2.34. The third-order valence-electron chi connectivity index (χ3n) is 3.43. The first-order chi connectivity index (χ1) is 7.86. The summed E-state index contributed by atoms with van der Waals surface area (Å²) >= 11 is 3.38. The number of nitrogens with zero attached hydrogens (tertiary/aromatic N) is 1. The molecule has 0 aliphatic heterocycles. The van der Waals surface area contributed by atoms with Crippen LogP contribution in [0.15, 0.2) is 28.7 Å². The third-order valence-corrected chi connectivity index (χ3v) is 3.92. The molecule has 0 saturated carbocycles. The zero-order valence-corrected chi connectivity index (χ0v) is 12.5. The Labute approximate surface area is 112 Å². The number of benzene rings is 1. The molecule has 17 heavy (non-hydrogen) atoms. The van der Waals surface area contributed by atoms with Crippen LogP contribution in [0.1, 0.15) is 37.6 Å². The van der Waals surface area contributed by atoms with Crippen molar-refractivity contribution in [1.82, 2.24) is 4.90 Å². The van der Waals surface area contributed by atoms with E-state index in [1.165, 1.54) is 0 Å². The summed E-state index contributed by atoms with van der Waals surface area (Å²) in [6.07, 6.45) is 1.02. The normalized spacial score (nSPS) is 11.9. The monoisotopic (exact) mass is 297 g/mol. The summed E-state index contributed by atoms with van der Waals surface area (Å²) in [6.45, 7) is 6.90. The highest BCUT2D eigenvalue weighted by Gasteiger charge is 2.23. The summed E-state index contributed by atoms with van der Waals surface area (Å²) in [7, 11) is 2.00. The molecule has 1 aromatic carbocycles. The summed E-state index contributed by atoms with van der Waals surface area (Å²) < 4.78 is 0.945. The number of hydrogen-bond acceptors (Lipinski definition) is 2. The lowest BCUT2D eigenvalue weighted by atomic mass is 9.99. The molecule has 94 valence electrons. The van der Waals surface area contributed by atoms with Crippen molar-refractivity contribution in [1.29, 1.82) is 0 Å². The third kappa shape index (κ3) is 3.93. The van der Waals surface area contributed by atoms with Crippen molar-refractivity contribution >= 4 is 21.7 Å². The number of rotatable bonds is 5. The van der Waals surface area contributed by atoms with Crippen LogP contribution in [0.3, 0.4) is 0 Å². The molecule has 0 aliphatic rings. The molecule has 0 fully saturated rings. The van der Waals surface area contributed by atoms with E-state index >= 15 is 0 Å². The first kappa shape index (κ1) is 14.4. The van der Waals surface area contributed by atoms with Crippen LogP contribution in [0.4, 0.5) is 0 Å². The Morgan fingerprint density at radius 1 is 1.41 bits per heavy atom. The first-order valence-electron chi connectivity index (χ1n) is 5.87. The van der Waals surface area contributed by atoms with Crippen molar-refractivity contribution in [2.24, 2.45) is 0 Å². The summed E-state index contributed by atoms with van der Waals surface area (Å²) in [4.78, 5) is 14.2. The maximum absolute atomic E-state index is 12.1. The molecule has 0 radical (unpaired) electrons. The fourth-order valence-corrected chi connectivity index (χ4v) is 1.85. The standard InChI is InChI=1S/C14H20BrNO/c1-5-14(2,3)16(4)10-13(17)11-7-6-8-12(15)9-11/h6-9H,5,10H2,1-4H3. The molecule has 3 heteroatoms. The molecule has 0 atom stereocenters. The van der Waals surface area contributed by atoms with Gasteiger partial charge in [0.25, 0.3) is 0 Å². The second kappa shape index (κ2) is 5.78. The summed E-state index contributed by atoms with van der Waals surface area (Å²) in [5, 5.41) is 0. The van der Waals surface area contributed by atoms with E-state index < -0.39 is 0 Å². The molecule has 0 N–H and O–H groups in total. The van der Waals surface area contributed by atoms with Gasteiger partial charge >= 0.3 is 0 Å². The van der Waals surface area contributed by atoms with E-state index in [0.717, 1.165) is 16.5 Å². The van der Waals surface area contributed by atoms with Gasteiger partial charge in [0.2, 0.25) is 0 Å². The van der Waals surface area contributed by atoms with E-state index in [1.54, 1.807) is 0 Å². The fourth-order valence-electron chi connectivity index (χ4n) is 1.45. The van der Waals surface area contributed by atoms with E-state index in [1.807, 2.05) is 31.3 Å². The molecule has 0 unspecified atom stereocenters. The van der Waals surface area contributed by atoms with Crippen LogP contribution in [0.2, 0.25) is 0 Å². The van der Waals surface area contributed by atoms with E-state index in [4.69, 9.17) is 0 Å². The predicted molar refractivity (Wildman–Crippen MR) is 75.5 cm³/mol. The zero-order valence-electron chi connectivity index (χ0n) is 11.0. The Balaban J connectivity index is 2.73. The van der Waals surface area contributed by atoms with Gasteiger partial charge in [-0.1, -0.05) is 35.0 Å². The van der Waals surface area contributed by atoms with Gasteiger partial charge in [-0.3, -0.25) is 9.69 Å². The summed E-state index contributed by atoms with van der Waals surface area (Å²) in [6, 6.07) is 7.55. The fraction of sp³-hybridized carbons (Fsp3) is 0.500. The number of carbonyl (C=O) groups is 1. The summed E-state index contributed by atoms with van der Waals surface area (Å²) in [5.74, 6) is 0.162. The minimum absolute atomic E-state index is 0.0572. The lowest BCUT2D eigenvalue weighted by Crippen LogP contribution is -2.43. The zero-order chi connectivity index (χ0) is 13.1. The molecule has 2 nitrogen and oxygen atoms in total. The van der Waals surface area contributed by atoms with Gasteiger partial charge in [0, 0.05) is 15.6 Å². The van der Waals surface area contributed by atoms with Crippen molar-refractivity contribution in [3.63, 3.8) is 0 Å². The topological polar surface area (TPSA) is 20.3 Å². The number of likely N-dealkylation sites (N-methyl/N-ethyl adjacent to an activating group) is 1. The lowest BCUT2D eigenvalue weighted by molar-refractivity contribution is 0.0847. The van der Waals surface area contributed by atoms with Gasteiger partial charge in [-0.05, 0) is 39.4 Å². The second-order valence-corrected chi connectivity index (χ2v) is 5.87. The van der Waals surface area contributed by atoms with Gasteiger partial charge in [0.1, 0.15) is 0 Å². The van der Waals surface area contributed by atoms with Gasteiger partial charge in [-0.15, -0.1) is 0 Å². The van der Waals surface area contributed by atoms with Crippen LogP contribution < -0.4 is 0 Å². The minimum atomic E-state index is 0.0572. The second-order valence-electron chi connectivity index (χ2n) is 4.96. The van der Waals surface area contributed by atoms with E-state index in [0.29, 0.717) is 6.54 Å². The maximum Gasteiger partial charge on any atom is 0.176 e. The Kier molecular flexibility index (Phi) is 4.90. The Morgan fingerprint density at radius 2 is 2.06 bits per heavy atom. The minimum Gasteiger partial charge on any atom is -0.294 e. The molecule has 1 aromatic rings. The van der Waals surface area contributed by atoms with Gasteiger partial charge in [0.05, 0.1) is 6.54 Å². The molecular formula is C14H20BrNO. The highest BCUT2D eigenvalue weighted by atomic mass is 79.9. The van der Waals surface area contributed by atoms with Crippen molar-refractivity contribution in [2.75, 3.05) is 13.6 Å². The van der Waals surface area contributed by atoms with Gasteiger partial charge in [-0.25, -0.2) is 0 Å². The Hall–Kier alpha value is -0.670. The highest BCUT2D eigenvalue weighted by Crippen LogP contribution is 2.18. The van der Waals surface area contributed by atoms with Crippen molar-refractivity contribution < 1.29 is 4.79 Å². The van der Waals surface area contributed by atoms with E-state index in [-0.39, 0.29) is 11.3 Å². The molecule has 0 aliphatic carbocycles. The first-order valence-corrected chi connectivity index (χ1v) is 6.66. The van der Waals surface area contributed by atoms with Crippen LogP contribution in [-0.2, 0) is 0 Å². The molecule has 0 amide bonds. The molecule has 0 aromatic heterocycles. The molecule has 0 bridgehead atoms. The molecule has 0 saturated heterocycles.